The molecule has 82 valence electrons. The number of hydrogen-bond donors (Lipinski definition) is 2. The highest BCUT2D eigenvalue weighted by atomic mass is 35.5. The van der Waals surface area contributed by atoms with Crippen LogP contribution in [0, 0.1) is 5.92 Å². The van der Waals surface area contributed by atoms with Crippen LogP contribution in [0.5, 0.6) is 0 Å². The molecule has 1 atom stereocenters. The van der Waals surface area contributed by atoms with Gasteiger partial charge in [0.25, 0.3) is 0 Å². The van der Waals surface area contributed by atoms with E-state index in [2.05, 4.69) is 5.32 Å². The van der Waals surface area contributed by atoms with Crippen molar-refractivity contribution in [3.63, 3.8) is 0 Å². The van der Waals surface area contributed by atoms with Crippen LogP contribution in [0.25, 0.3) is 0 Å². The van der Waals surface area contributed by atoms with E-state index in [1.165, 1.54) is 0 Å². The zero-order valence-corrected chi connectivity index (χ0v) is 9.29. The second-order valence-corrected chi connectivity index (χ2v) is 3.72. The third kappa shape index (κ3) is 3.53. The summed E-state index contributed by atoms with van der Waals surface area (Å²) in [6.45, 7) is 1.73. The normalized spacial score (nSPS) is 12.2. The molecule has 1 rings (SSSR count). The van der Waals surface area contributed by atoms with Crippen LogP contribution in [0.1, 0.15) is 13.3 Å². The van der Waals surface area contributed by atoms with Crippen LogP contribution in [0.2, 0.25) is 5.02 Å². The first-order chi connectivity index (χ1) is 7.17. The Morgan fingerprint density at radius 2 is 2.07 bits per heavy atom. The van der Waals surface area contributed by atoms with E-state index in [1.54, 1.807) is 24.3 Å². The largest absolute Gasteiger partial charge is 0.396 e. The van der Waals surface area contributed by atoms with Crippen molar-refractivity contribution in [1.29, 1.82) is 0 Å². The molecule has 0 bridgehead atoms. The SMILES string of the molecule is CCC(CO)C(=O)Nc1ccc(Cl)cc1. The second-order valence-electron chi connectivity index (χ2n) is 3.28. The van der Waals surface area contributed by atoms with Crippen molar-refractivity contribution in [2.45, 2.75) is 13.3 Å². The summed E-state index contributed by atoms with van der Waals surface area (Å²) in [5, 5.41) is 12.3. The molecule has 1 aromatic carbocycles. The molecule has 0 saturated carbocycles. The van der Waals surface area contributed by atoms with Gasteiger partial charge in [-0.3, -0.25) is 4.79 Å². The highest BCUT2D eigenvalue weighted by Gasteiger charge is 2.14. The number of anilines is 1. The predicted molar refractivity (Wildman–Crippen MR) is 60.9 cm³/mol. The molecular formula is C11H14ClNO2. The maximum Gasteiger partial charge on any atom is 0.229 e. The van der Waals surface area contributed by atoms with Gasteiger partial charge >= 0.3 is 0 Å². The molecule has 0 spiro atoms. The van der Waals surface area contributed by atoms with Gasteiger partial charge in [-0.1, -0.05) is 18.5 Å². The molecule has 1 aromatic rings. The standard InChI is InChI=1S/C11H14ClNO2/c1-2-8(7-14)11(15)13-10-5-3-9(12)4-6-10/h3-6,8,14H,2,7H2,1H3,(H,13,15). The molecule has 0 radical (unpaired) electrons. The van der Waals surface area contributed by atoms with Crippen LogP contribution >= 0.6 is 11.6 Å². The van der Waals surface area contributed by atoms with E-state index in [-0.39, 0.29) is 18.4 Å². The minimum atomic E-state index is -0.347. The lowest BCUT2D eigenvalue weighted by molar-refractivity contribution is -0.121. The zero-order valence-electron chi connectivity index (χ0n) is 8.53. The molecule has 0 aliphatic carbocycles. The predicted octanol–water partition coefficient (Wildman–Crippen LogP) is 2.30. The molecule has 15 heavy (non-hydrogen) atoms. The summed E-state index contributed by atoms with van der Waals surface area (Å²) in [6, 6.07) is 6.86. The van der Waals surface area contributed by atoms with E-state index >= 15 is 0 Å². The van der Waals surface area contributed by atoms with E-state index < -0.39 is 0 Å². The van der Waals surface area contributed by atoms with Crippen LogP contribution in [0.15, 0.2) is 24.3 Å². The summed E-state index contributed by atoms with van der Waals surface area (Å²) in [4.78, 5) is 11.6. The van der Waals surface area contributed by atoms with Crippen molar-refractivity contribution in [3.8, 4) is 0 Å². The third-order valence-electron chi connectivity index (χ3n) is 2.20. The van der Waals surface area contributed by atoms with Crippen LogP contribution in [-0.2, 0) is 4.79 Å². The zero-order chi connectivity index (χ0) is 11.3. The number of halogens is 1. The minimum Gasteiger partial charge on any atom is -0.396 e. The third-order valence-corrected chi connectivity index (χ3v) is 2.45. The fraction of sp³-hybridized carbons (Fsp3) is 0.364. The Morgan fingerprint density at radius 3 is 2.53 bits per heavy atom. The van der Waals surface area contributed by atoms with E-state index in [1.807, 2.05) is 6.92 Å². The number of benzene rings is 1. The lowest BCUT2D eigenvalue weighted by Gasteiger charge is -2.11. The topological polar surface area (TPSA) is 49.3 Å². The summed E-state index contributed by atoms with van der Waals surface area (Å²) < 4.78 is 0. The van der Waals surface area contributed by atoms with Gasteiger partial charge in [0.05, 0.1) is 12.5 Å². The van der Waals surface area contributed by atoms with Gasteiger partial charge in [0.15, 0.2) is 0 Å². The van der Waals surface area contributed by atoms with Crippen molar-refractivity contribution in [1.82, 2.24) is 0 Å². The molecule has 0 aliphatic heterocycles. The molecule has 4 heteroatoms. The maximum atomic E-state index is 11.6. The van der Waals surface area contributed by atoms with Gasteiger partial charge in [-0.25, -0.2) is 0 Å². The summed E-state index contributed by atoms with van der Waals surface area (Å²) in [6.07, 6.45) is 0.621. The molecule has 0 heterocycles. The van der Waals surface area contributed by atoms with E-state index in [0.29, 0.717) is 17.1 Å². The summed E-state index contributed by atoms with van der Waals surface area (Å²) in [5.41, 5.74) is 0.691. The molecule has 0 fully saturated rings. The Hall–Kier alpha value is -1.06. The highest BCUT2D eigenvalue weighted by Crippen LogP contribution is 2.14. The molecule has 0 aliphatic rings. The summed E-state index contributed by atoms with van der Waals surface area (Å²) >= 11 is 5.71. The average Bonchev–Trinajstić information content (AvgIpc) is 2.23. The smallest absolute Gasteiger partial charge is 0.229 e. The Bertz CT molecular complexity index is 320. The highest BCUT2D eigenvalue weighted by molar-refractivity contribution is 6.30. The number of aliphatic hydroxyl groups excluding tert-OH is 1. The van der Waals surface area contributed by atoms with Gasteiger partial charge in [0.2, 0.25) is 5.91 Å². The number of hydrogen-bond acceptors (Lipinski definition) is 2. The van der Waals surface area contributed by atoms with Crippen molar-refractivity contribution in [2.24, 2.45) is 5.92 Å². The second kappa shape index (κ2) is 5.73. The minimum absolute atomic E-state index is 0.129. The summed E-state index contributed by atoms with van der Waals surface area (Å²) in [7, 11) is 0. The number of rotatable bonds is 4. The van der Waals surface area contributed by atoms with Crippen LogP contribution in [0.4, 0.5) is 5.69 Å². The van der Waals surface area contributed by atoms with Gasteiger partial charge in [-0.15, -0.1) is 0 Å². The Labute approximate surface area is 94.1 Å². The van der Waals surface area contributed by atoms with Gasteiger partial charge < -0.3 is 10.4 Å². The number of aliphatic hydroxyl groups is 1. The Morgan fingerprint density at radius 1 is 1.47 bits per heavy atom. The van der Waals surface area contributed by atoms with Crippen LogP contribution in [-0.4, -0.2) is 17.6 Å². The monoisotopic (exact) mass is 227 g/mol. The van der Waals surface area contributed by atoms with Gasteiger partial charge in [0, 0.05) is 10.7 Å². The van der Waals surface area contributed by atoms with Crippen molar-refractivity contribution in [2.75, 3.05) is 11.9 Å². The molecule has 2 N–H and O–H groups in total. The Balaban J connectivity index is 2.61. The molecule has 1 amide bonds. The van der Waals surface area contributed by atoms with Crippen molar-refractivity contribution < 1.29 is 9.90 Å². The molecule has 1 unspecified atom stereocenters. The summed E-state index contributed by atoms with van der Waals surface area (Å²) in [5.74, 6) is -0.511. The number of amides is 1. The van der Waals surface area contributed by atoms with E-state index in [4.69, 9.17) is 16.7 Å². The fourth-order valence-corrected chi connectivity index (χ4v) is 1.30. The first-order valence-corrected chi connectivity index (χ1v) is 5.22. The van der Waals surface area contributed by atoms with E-state index in [0.717, 1.165) is 0 Å². The number of carbonyl (C=O) groups excluding carboxylic acids is 1. The molecule has 3 nitrogen and oxygen atoms in total. The lowest BCUT2D eigenvalue weighted by Crippen LogP contribution is -2.24. The number of carbonyl (C=O) groups is 1. The Kier molecular flexibility index (Phi) is 4.59. The number of nitrogens with one attached hydrogen (secondary N) is 1. The lowest BCUT2D eigenvalue weighted by atomic mass is 10.1. The average molecular weight is 228 g/mol. The quantitative estimate of drug-likeness (QED) is 0.829. The van der Waals surface area contributed by atoms with Crippen LogP contribution < -0.4 is 5.32 Å². The first-order valence-electron chi connectivity index (χ1n) is 4.84. The van der Waals surface area contributed by atoms with Crippen molar-refractivity contribution >= 4 is 23.2 Å². The van der Waals surface area contributed by atoms with Gasteiger partial charge in [-0.2, -0.15) is 0 Å². The molecule has 0 saturated heterocycles. The van der Waals surface area contributed by atoms with Crippen LogP contribution in [0.3, 0.4) is 0 Å². The maximum absolute atomic E-state index is 11.6. The van der Waals surface area contributed by atoms with E-state index in [9.17, 15) is 4.79 Å². The van der Waals surface area contributed by atoms with Crippen molar-refractivity contribution in [3.05, 3.63) is 29.3 Å². The van der Waals surface area contributed by atoms with Gasteiger partial charge in [0.1, 0.15) is 0 Å². The first kappa shape index (κ1) is 12.0. The molecular weight excluding hydrogens is 214 g/mol. The van der Waals surface area contributed by atoms with Gasteiger partial charge in [-0.05, 0) is 30.7 Å². The fourth-order valence-electron chi connectivity index (χ4n) is 1.17. The molecule has 0 aromatic heterocycles.